The van der Waals surface area contributed by atoms with Gasteiger partial charge >= 0.3 is 0 Å². The topological polar surface area (TPSA) is 46.8 Å². The zero-order valence-corrected chi connectivity index (χ0v) is 10.7. The van der Waals surface area contributed by atoms with Crippen molar-refractivity contribution in [1.29, 1.82) is 0 Å². The molecule has 6 heteroatoms. The minimum absolute atomic E-state index is 0.224. The van der Waals surface area contributed by atoms with Gasteiger partial charge in [0.1, 0.15) is 5.82 Å². The van der Waals surface area contributed by atoms with Gasteiger partial charge in [0.05, 0.1) is 13.1 Å². The van der Waals surface area contributed by atoms with Crippen molar-refractivity contribution >= 4 is 0 Å². The number of tetrazole rings is 1. The lowest BCUT2D eigenvalue weighted by molar-refractivity contribution is 0.315. The highest BCUT2D eigenvalue weighted by molar-refractivity contribution is 5.16. The molecular weight excluding hydrogens is 245 g/mol. The highest BCUT2D eigenvalue weighted by atomic mass is 19.1. The Labute approximate surface area is 111 Å². The van der Waals surface area contributed by atoms with Crippen molar-refractivity contribution in [3.63, 3.8) is 0 Å². The second-order valence-electron chi connectivity index (χ2n) is 4.86. The molecule has 2 aromatic rings. The van der Waals surface area contributed by atoms with Crippen LogP contribution in [0.4, 0.5) is 4.39 Å². The predicted molar refractivity (Wildman–Crippen MR) is 67.8 cm³/mol. The zero-order valence-electron chi connectivity index (χ0n) is 10.7. The largest absolute Gasteiger partial charge is 0.296 e. The van der Waals surface area contributed by atoms with E-state index >= 15 is 0 Å². The van der Waals surface area contributed by atoms with Crippen molar-refractivity contribution in [2.75, 3.05) is 13.1 Å². The smallest absolute Gasteiger partial charge is 0.165 e. The van der Waals surface area contributed by atoms with Crippen LogP contribution >= 0.6 is 0 Å². The van der Waals surface area contributed by atoms with Gasteiger partial charge in [0, 0.05) is 0 Å². The fourth-order valence-corrected chi connectivity index (χ4v) is 2.36. The maximum atomic E-state index is 12.9. The lowest BCUT2D eigenvalue weighted by atomic mass is 10.2. The molecule has 2 heterocycles. The standard InChI is InChI=1S/C13H16FN5/c14-12-5-3-11(4-6-12)9-19-13(15-16-17-19)10-18-7-1-2-8-18/h3-6H,1-2,7-10H2. The summed E-state index contributed by atoms with van der Waals surface area (Å²) in [6.07, 6.45) is 2.50. The zero-order chi connectivity index (χ0) is 13.1. The number of nitrogens with zero attached hydrogens (tertiary/aromatic N) is 5. The van der Waals surface area contributed by atoms with Crippen LogP contribution in [0, 0.1) is 5.82 Å². The lowest BCUT2D eigenvalue weighted by Crippen LogP contribution is -2.21. The highest BCUT2D eigenvalue weighted by Gasteiger charge is 2.15. The summed E-state index contributed by atoms with van der Waals surface area (Å²) in [5, 5.41) is 11.8. The minimum Gasteiger partial charge on any atom is -0.296 e. The molecule has 0 amide bonds. The van der Waals surface area contributed by atoms with Crippen LogP contribution in [0.25, 0.3) is 0 Å². The van der Waals surface area contributed by atoms with Gasteiger partial charge in [0.2, 0.25) is 0 Å². The third-order valence-corrected chi connectivity index (χ3v) is 3.42. The van der Waals surface area contributed by atoms with E-state index in [1.165, 1.54) is 25.0 Å². The molecule has 0 spiro atoms. The Kier molecular flexibility index (Phi) is 3.50. The molecule has 100 valence electrons. The summed E-state index contributed by atoms with van der Waals surface area (Å²) in [4.78, 5) is 2.35. The molecule has 1 aromatic carbocycles. The Bertz CT molecular complexity index is 530. The number of aromatic nitrogens is 4. The molecule has 0 radical (unpaired) electrons. The molecule has 0 atom stereocenters. The van der Waals surface area contributed by atoms with Crippen LogP contribution in [0.5, 0.6) is 0 Å². The number of likely N-dealkylation sites (tertiary alicyclic amines) is 1. The lowest BCUT2D eigenvalue weighted by Gasteiger charge is -2.13. The molecule has 5 nitrogen and oxygen atoms in total. The van der Waals surface area contributed by atoms with Crippen LogP contribution < -0.4 is 0 Å². The van der Waals surface area contributed by atoms with E-state index in [0.717, 1.165) is 31.0 Å². The molecule has 0 aliphatic carbocycles. The van der Waals surface area contributed by atoms with Crippen molar-refractivity contribution in [2.45, 2.75) is 25.9 Å². The molecule has 1 aliphatic rings. The van der Waals surface area contributed by atoms with Gasteiger partial charge in [-0.25, -0.2) is 9.07 Å². The normalized spacial score (nSPS) is 16.1. The highest BCUT2D eigenvalue weighted by Crippen LogP contribution is 2.11. The summed E-state index contributed by atoms with van der Waals surface area (Å²) in [5.74, 6) is 0.643. The van der Waals surface area contributed by atoms with Gasteiger partial charge in [-0.2, -0.15) is 0 Å². The molecule has 0 unspecified atom stereocenters. The number of hydrogen-bond donors (Lipinski definition) is 0. The summed E-state index contributed by atoms with van der Waals surface area (Å²) in [6.45, 7) is 3.59. The molecule has 1 saturated heterocycles. The second-order valence-corrected chi connectivity index (χ2v) is 4.86. The first-order valence-electron chi connectivity index (χ1n) is 6.53. The van der Waals surface area contributed by atoms with E-state index < -0.39 is 0 Å². The van der Waals surface area contributed by atoms with Crippen LogP contribution in [0.1, 0.15) is 24.2 Å². The molecular formula is C13H16FN5. The first-order chi connectivity index (χ1) is 9.31. The van der Waals surface area contributed by atoms with Gasteiger partial charge in [-0.1, -0.05) is 12.1 Å². The van der Waals surface area contributed by atoms with E-state index in [0.29, 0.717) is 6.54 Å². The second kappa shape index (κ2) is 5.44. The summed E-state index contributed by atoms with van der Waals surface area (Å²) in [6, 6.07) is 6.44. The van der Waals surface area contributed by atoms with Gasteiger partial charge < -0.3 is 0 Å². The van der Waals surface area contributed by atoms with E-state index in [1.54, 1.807) is 16.8 Å². The van der Waals surface area contributed by atoms with Crippen molar-refractivity contribution < 1.29 is 4.39 Å². The van der Waals surface area contributed by atoms with Gasteiger partial charge in [-0.3, -0.25) is 4.90 Å². The Morgan fingerprint density at radius 3 is 2.53 bits per heavy atom. The van der Waals surface area contributed by atoms with Gasteiger partial charge in [-0.05, 0) is 54.1 Å². The summed E-state index contributed by atoms with van der Waals surface area (Å²) in [7, 11) is 0. The van der Waals surface area contributed by atoms with Crippen LogP contribution in [0.2, 0.25) is 0 Å². The van der Waals surface area contributed by atoms with Crippen molar-refractivity contribution in [3.05, 3.63) is 41.5 Å². The fourth-order valence-electron chi connectivity index (χ4n) is 2.36. The number of benzene rings is 1. The summed E-state index contributed by atoms with van der Waals surface area (Å²) < 4.78 is 14.6. The van der Waals surface area contributed by atoms with Crippen LogP contribution in [-0.2, 0) is 13.1 Å². The van der Waals surface area contributed by atoms with E-state index in [1.807, 2.05) is 0 Å². The average molecular weight is 261 g/mol. The molecule has 19 heavy (non-hydrogen) atoms. The first-order valence-corrected chi connectivity index (χ1v) is 6.53. The minimum atomic E-state index is -0.224. The third-order valence-electron chi connectivity index (χ3n) is 3.42. The molecule has 1 fully saturated rings. The molecule has 0 N–H and O–H groups in total. The summed E-state index contributed by atoms with van der Waals surface area (Å²) >= 11 is 0. The Balaban J connectivity index is 1.70. The van der Waals surface area contributed by atoms with E-state index in [9.17, 15) is 4.39 Å². The Morgan fingerprint density at radius 1 is 1.05 bits per heavy atom. The van der Waals surface area contributed by atoms with Crippen LogP contribution in [0.15, 0.2) is 24.3 Å². The van der Waals surface area contributed by atoms with Gasteiger partial charge in [0.25, 0.3) is 0 Å². The summed E-state index contributed by atoms with van der Waals surface area (Å²) in [5.41, 5.74) is 0.997. The molecule has 0 saturated carbocycles. The molecule has 0 bridgehead atoms. The molecule has 1 aromatic heterocycles. The number of hydrogen-bond acceptors (Lipinski definition) is 4. The SMILES string of the molecule is Fc1ccc(Cn2nnnc2CN2CCCC2)cc1. The van der Waals surface area contributed by atoms with Crippen molar-refractivity contribution in [1.82, 2.24) is 25.1 Å². The maximum Gasteiger partial charge on any atom is 0.165 e. The molecule has 1 aliphatic heterocycles. The Hall–Kier alpha value is -1.82. The maximum absolute atomic E-state index is 12.9. The molecule has 3 rings (SSSR count). The van der Waals surface area contributed by atoms with Crippen molar-refractivity contribution in [2.24, 2.45) is 0 Å². The van der Waals surface area contributed by atoms with Gasteiger partial charge in [0.15, 0.2) is 5.82 Å². The van der Waals surface area contributed by atoms with Crippen molar-refractivity contribution in [3.8, 4) is 0 Å². The quantitative estimate of drug-likeness (QED) is 0.836. The monoisotopic (exact) mass is 261 g/mol. The van der Waals surface area contributed by atoms with E-state index in [4.69, 9.17) is 0 Å². The number of halogens is 1. The van der Waals surface area contributed by atoms with Crippen LogP contribution in [0.3, 0.4) is 0 Å². The third kappa shape index (κ3) is 2.96. The van der Waals surface area contributed by atoms with E-state index in [2.05, 4.69) is 20.4 Å². The van der Waals surface area contributed by atoms with Crippen LogP contribution in [-0.4, -0.2) is 38.2 Å². The fraction of sp³-hybridized carbons (Fsp3) is 0.462. The first kappa shape index (κ1) is 12.2. The predicted octanol–water partition coefficient (Wildman–Crippen LogP) is 1.46. The Morgan fingerprint density at radius 2 is 1.79 bits per heavy atom. The average Bonchev–Trinajstić information content (AvgIpc) is 3.06. The van der Waals surface area contributed by atoms with Gasteiger partial charge in [-0.15, -0.1) is 5.10 Å². The van der Waals surface area contributed by atoms with E-state index in [-0.39, 0.29) is 5.82 Å². The number of rotatable bonds is 4.